The molecule has 116 valence electrons. The third-order valence-corrected chi connectivity index (χ3v) is 5.26. The Balaban J connectivity index is 1.51. The van der Waals surface area contributed by atoms with Gasteiger partial charge in [-0.05, 0) is 30.9 Å². The number of amides is 1. The van der Waals surface area contributed by atoms with Crippen LogP contribution >= 0.6 is 22.9 Å². The van der Waals surface area contributed by atoms with Crippen molar-refractivity contribution < 1.29 is 4.79 Å². The molecule has 0 aliphatic heterocycles. The maximum atomic E-state index is 11.9. The summed E-state index contributed by atoms with van der Waals surface area (Å²) in [4.78, 5) is 16.6. The van der Waals surface area contributed by atoms with Gasteiger partial charge in [-0.25, -0.2) is 4.98 Å². The molecule has 5 heteroatoms. The Hall–Kier alpha value is -1.39. The molecule has 0 spiro atoms. The highest BCUT2D eigenvalue weighted by atomic mass is 35.5. The van der Waals surface area contributed by atoms with Crippen LogP contribution in [0.4, 0.5) is 0 Å². The maximum absolute atomic E-state index is 11.9. The van der Waals surface area contributed by atoms with E-state index in [0.717, 1.165) is 27.7 Å². The van der Waals surface area contributed by atoms with Gasteiger partial charge in [0, 0.05) is 34.8 Å². The van der Waals surface area contributed by atoms with Crippen LogP contribution in [0.1, 0.15) is 25.5 Å². The molecule has 1 aliphatic rings. The summed E-state index contributed by atoms with van der Waals surface area (Å²) in [6.07, 6.45) is 3.17. The molecule has 0 saturated heterocycles. The van der Waals surface area contributed by atoms with Crippen LogP contribution in [0.25, 0.3) is 10.6 Å². The summed E-state index contributed by atoms with van der Waals surface area (Å²) in [5.41, 5.74) is 2.10. The van der Waals surface area contributed by atoms with Crippen LogP contribution in [-0.2, 0) is 11.2 Å². The zero-order valence-electron chi connectivity index (χ0n) is 12.5. The van der Waals surface area contributed by atoms with E-state index < -0.39 is 0 Å². The first-order chi connectivity index (χ1) is 10.6. The molecule has 1 amide bonds. The van der Waals surface area contributed by atoms with Crippen LogP contribution < -0.4 is 5.32 Å². The molecule has 0 radical (unpaired) electrons. The van der Waals surface area contributed by atoms with E-state index in [2.05, 4.69) is 15.7 Å². The fourth-order valence-electron chi connectivity index (χ4n) is 2.43. The van der Waals surface area contributed by atoms with Crippen LogP contribution in [0, 0.1) is 11.8 Å². The number of halogens is 1. The second-order valence-electron chi connectivity index (χ2n) is 5.82. The Morgan fingerprint density at radius 1 is 1.41 bits per heavy atom. The summed E-state index contributed by atoms with van der Waals surface area (Å²) in [6.45, 7) is 2.67. The fourth-order valence-corrected chi connectivity index (χ4v) is 3.42. The van der Waals surface area contributed by atoms with Crippen molar-refractivity contribution in [1.82, 2.24) is 10.3 Å². The van der Waals surface area contributed by atoms with E-state index in [9.17, 15) is 4.79 Å². The van der Waals surface area contributed by atoms with E-state index in [0.29, 0.717) is 12.5 Å². The van der Waals surface area contributed by atoms with Gasteiger partial charge >= 0.3 is 0 Å². The van der Waals surface area contributed by atoms with Crippen molar-refractivity contribution in [2.75, 3.05) is 6.54 Å². The molecule has 3 rings (SSSR count). The van der Waals surface area contributed by atoms with Crippen LogP contribution in [-0.4, -0.2) is 17.4 Å². The predicted molar refractivity (Wildman–Crippen MR) is 91.2 cm³/mol. The molecule has 1 atom stereocenters. The topological polar surface area (TPSA) is 42.0 Å². The number of aromatic nitrogens is 1. The van der Waals surface area contributed by atoms with Crippen LogP contribution in [0.5, 0.6) is 0 Å². The molecule has 1 aromatic heterocycles. The Bertz CT molecular complexity index is 649. The molecule has 1 aromatic carbocycles. The van der Waals surface area contributed by atoms with Crippen molar-refractivity contribution >= 4 is 28.8 Å². The first-order valence-corrected chi connectivity index (χ1v) is 8.87. The summed E-state index contributed by atoms with van der Waals surface area (Å²) >= 11 is 7.52. The number of hydrogen-bond acceptors (Lipinski definition) is 3. The second kappa shape index (κ2) is 6.80. The highest BCUT2D eigenvalue weighted by molar-refractivity contribution is 7.13. The Kier molecular flexibility index (Phi) is 4.79. The normalized spacial score (nSPS) is 15.5. The van der Waals surface area contributed by atoms with Gasteiger partial charge in [-0.15, -0.1) is 11.3 Å². The molecule has 1 saturated carbocycles. The van der Waals surface area contributed by atoms with Gasteiger partial charge in [0.1, 0.15) is 5.01 Å². The number of nitrogens with one attached hydrogen (secondary N) is 1. The molecular formula is C17H19ClN2OS. The van der Waals surface area contributed by atoms with E-state index >= 15 is 0 Å². The minimum Gasteiger partial charge on any atom is -0.355 e. The van der Waals surface area contributed by atoms with Crippen molar-refractivity contribution in [2.45, 2.75) is 26.2 Å². The lowest BCUT2D eigenvalue weighted by molar-refractivity contribution is -0.125. The molecule has 22 heavy (non-hydrogen) atoms. The zero-order valence-corrected chi connectivity index (χ0v) is 14.1. The van der Waals surface area contributed by atoms with Gasteiger partial charge in [-0.1, -0.05) is 30.7 Å². The number of thiazole rings is 1. The van der Waals surface area contributed by atoms with Gasteiger partial charge in [-0.2, -0.15) is 0 Å². The van der Waals surface area contributed by atoms with Crippen molar-refractivity contribution in [1.29, 1.82) is 0 Å². The minimum atomic E-state index is 0.153. The predicted octanol–water partition coefficient (Wildman–Crippen LogP) is 4.17. The summed E-state index contributed by atoms with van der Waals surface area (Å²) in [6, 6.07) is 7.70. The number of nitrogens with zero attached hydrogens (tertiary/aromatic N) is 1. The highest BCUT2D eigenvalue weighted by Gasteiger charge is 2.32. The SMILES string of the molecule is CC(C(=O)NCCc1csc(-c2ccc(Cl)cc2)n1)C1CC1. The van der Waals surface area contributed by atoms with Crippen LogP contribution in [0.15, 0.2) is 29.6 Å². The maximum Gasteiger partial charge on any atom is 0.223 e. The van der Waals surface area contributed by atoms with Gasteiger partial charge in [0.15, 0.2) is 0 Å². The Labute approximate surface area is 139 Å². The minimum absolute atomic E-state index is 0.153. The fraction of sp³-hybridized carbons (Fsp3) is 0.412. The highest BCUT2D eigenvalue weighted by Crippen LogP contribution is 2.36. The summed E-state index contributed by atoms with van der Waals surface area (Å²) in [5, 5.41) is 6.79. The number of hydrogen-bond donors (Lipinski definition) is 1. The van der Waals surface area contributed by atoms with Crippen molar-refractivity contribution in [3.05, 3.63) is 40.4 Å². The monoisotopic (exact) mass is 334 g/mol. The quantitative estimate of drug-likeness (QED) is 0.861. The summed E-state index contributed by atoms with van der Waals surface area (Å²) in [7, 11) is 0. The lowest BCUT2D eigenvalue weighted by atomic mass is 10.1. The molecule has 1 fully saturated rings. The van der Waals surface area contributed by atoms with E-state index in [1.54, 1.807) is 11.3 Å². The molecule has 0 bridgehead atoms. The first-order valence-electron chi connectivity index (χ1n) is 7.61. The number of benzene rings is 1. The lowest BCUT2D eigenvalue weighted by Gasteiger charge is -2.10. The largest absolute Gasteiger partial charge is 0.355 e. The van der Waals surface area contributed by atoms with Crippen molar-refractivity contribution in [3.63, 3.8) is 0 Å². The molecule has 1 heterocycles. The molecule has 1 aliphatic carbocycles. The van der Waals surface area contributed by atoms with Gasteiger partial charge in [0.25, 0.3) is 0 Å². The zero-order chi connectivity index (χ0) is 15.5. The van der Waals surface area contributed by atoms with Gasteiger partial charge in [-0.3, -0.25) is 4.79 Å². The number of carbonyl (C=O) groups is 1. The first kappa shape index (κ1) is 15.5. The Morgan fingerprint density at radius 3 is 2.82 bits per heavy atom. The number of rotatable bonds is 6. The molecule has 1 unspecified atom stereocenters. The molecule has 2 aromatic rings. The Morgan fingerprint density at radius 2 is 2.14 bits per heavy atom. The third kappa shape index (κ3) is 3.87. The van der Waals surface area contributed by atoms with Gasteiger partial charge in [0.05, 0.1) is 5.69 Å². The smallest absolute Gasteiger partial charge is 0.223 e. The van der Waals surface area contributed by atoms with Gasteiger partial charge in [0.2, 0.25) is 5.91 Å². The average Bonchev–Trinajstić information content (AvgIpc) is 3.26. The summed E-state index contributed by atoms with van der Waals surface area (Å²) < 4.78 is 0. The van der Waals surface area contributed by atoms with E-state index in [1.165, 1.54) is 12.8 Å². The average molecular weight is 335 g/mol. The lowest BCUT2D eigenvalue weighted by Crippen LogP contribution is -2.31. The molecular weight excluding hydrogens is 316 g/mol. The van der Waals surface area contributed by atoms with E-state index in [-0.39, 0.29) is 11.8 Å². The number of carbonyl (C=O) groups excluding carboxylic acids is 1. The second-order valence-corrected chi connectivity index (χ2v) is 7.11. The van der Waals surface area contributed by atoms with E-state index in [4.69, 9.17) is 11.6 Å². The molecule has 1 N–H and O–H groups in total. The summed E-state index contributed by atoms with van der Waals surface area (Å²) in [5.74, 6) is 0.937. The standard InChI is InChI=1S/C17H19ClN2OS/c1-11(12-2-3-12)16(21)19-9-8-15-10-22-17(20-15)13-4-6-14(18)7-5-13/h4-7,10-12H,2-3,8-9H2,1H3,(H,19,21). The van der Waals surface area contributed by atoms with Crippen molar-refractivity contribution in [2.24, 2.45) is 11.8 Å². The van der Waals surface area contributed by atoms with Crippen molar-refractivity contribution in [3.8, 4) is 10.6 Å². The van der Waals surface area contributed by atoms with Crippen LogP contribution in [0.3, 0.4) is 0 Å². The molecule has 3 nitrogen and oxygen atoms in total. The van der Waals surface area contributed by atoms with Gasteiger partial charge < -0.3 is 5.32 Å². The van der Waals surface area contributed by atoms with E-state index in [1.807, 2.05) is 31.2 Å². The van der Waals surface area contributed by atoms with Crippen LogP contribution in [0.2, 0.25) is 5.02 Å². The third-order valence-electron chi connectivity index (χ3n) is 4.07.